The first-order valence-corrected chi connectivity index (χ1v) is 7.53. The molecular formula is C17H20BrNO. The van der Waals surface area contributed by atoms with Crippen LogP contribution in [-0.4, -0.2) is 11.7 Å². The number of rotatable bonds is 4. The zero-order valence-corrected chi connectivity index (χ0v) is 13.4. The fourth-order valence-electron chi connectivity index (χ4n) is 2.52. The zero-order valence-electron chi connectivity index (χ0n) is 11.8. The van der Waals surface area contributed by atoms with E-state index in [2.05, 4.69) is 28.9 Å². The molecular weight excluding hydrogens is 314 g/mol. The average molecular weight is 334 g/mol. The van der Waals surface area contributed by atoms with Crippen LogP contribution in [0.1, 0.15) is 34.3 Å². The maximum Gasteiger partial charge on any atom is 0.0881 e. The van der Waals surface area contributed by atoms with Crippen molar-refractivity contribution in [2.24, 2.45) is 5.73 Å². The van der Waals surface area contributed by atoms with E-state index in [0.29, 0.717) is 6.54 Å². The van der Waals surface area contributed by atoms with Crippen molar-refractivity contribution in [3.8, 4) is 0 Å². The van der Waals surface area contributed by atoms with Crippen LogP contribution in [0.5, 0.6) is 0 Å². The first kappa shape index (κ1) is 15.2. The number of hydrogen-bond acceptors (Lipinski definition) is 2. The van der Waals surface area contributed by atoms with Crippen molar-refractivity contribution in [2.45, 2.75) is 25.9 Å². The van der Waals surface area contributed by atoms with Gasteiger partial charge < -0.3 is 10.8 Å². The molecule has 2 rings (SSSR count). The van der Waals surface area contributed by atoms with E-state index in [1.807, 2.05) is 43.3 Å². The normalized spacial score (nSPS) is 14.1. The quantitative estimate of drug-likeness (QED) is 0.892. The van der Waals surface area contributed by atoms with Gasteiger partial charge in [-0.15, -0.1) is 0 Å². The van der Waals surface area contributed by atoms with E-state index in [4.69, 9.17) is 5.73 Å². The number of aryl methyl sites for hydroxylation is 2. The van der Waals surface area contributed by atoms with Crippen molar-refractivity contribution < 1.29 is 5.11 Å². The lowest BCUT2D eigenvalue weighted by Gasteiger charge is -2.25. The predicted molar refractivity (Wildman–Crippen MR) is 86.8 cm³/mol. The van der Waals surface area contributed by atoms with Crippen molar-refractivity contribution in [1.82, 2.24) is 0 Å². The molecule has 2 aromatic carbocycles. The molecule has 2 aromatic rings. The molecule has 0 aromatic heterocycles. The van der Waals surface area contributed by atoms with Crippen molar-refractivity contribution >= 4 is 15.9 Å². The second-order valence-electron chi connectivity index (χ2n) is 5.17. The lowest BCUT2D eigenvalue weighted by Crippen LogP contribution is -2.21. The molecule has 0 bridgehead atoms. The fraction of sp³-hybridized carbons (Fsp3) is 0.294. The van der Waals surface area contributed by atoms with Crippen molar-refractivity contribution in [1.29, 1.82) is 0 Å². The Morgan fingerprint density at radius 1 is 1.10 bits per heavy atom. The van der Waals surface area contributed by atoms with Gasteiger partial charge in [-0.05, 0) is 42.2 Å². The third kappa shape index (κ3) is 3.11. The van der Waals surface area contributed by atoms with Crippen LogP contribution in [0, 0.1) is 13.8 Å². The van der Waals surface area contributed by atoms with Gasteiger partial charge in [0, 0.05) is 16.9 Å². The smallest absolute Gasteiger partial charge is 0.0881 e. The van der Waals surface area contributed by atoms with Crippen LogP contribution >= 0.6 is 15.9 Å². The number of aliphatic hydroxyl groups excluding tert-OH is 1. The summed E-state index contributed by atoms with van der Waals surface area (Å²) in [5.74, 6) is -0.102. The summed E-state index contributed by atoms with van der Waals surface area (Å²) in [6.07, 6.45) is -0.615. The average Bonchev–Trinajstić information content (AvgIpc) is 2.41. The minimum atomic E-state index is -0.615. The van der Waals surface area contributed by atoms with E-state index < -0.39 is 6.10 Å². The van der Waals surface area contributed by atoms with Gasteiger partial charge >= 0.3 is 0 Å². The van der Waals surface area contributed by atoms with Gasteiger partial charge in [0.25, 0.3) is 0 Å². The van der Waals surface area contributed by atoms with Gasteiger partial charge in [0.2, 0.25) is 0 Å². The summed E-state index contributed by atoms with van der Waals surface area (Å²) in [6.45, 7) is 4.49. The van der Waals surface area contributed by atoms with Crippen LogP contribution in [0.25, 0.3) is 0 Å². The Morgan fingerprint density at radius 3 is 2.40 bits per heavy atom. The molecule has 2 unspecified atom stereocenters. The van der Waals surface area contributed by atoms with Gasteiger partial charge in [-0.1, -0.05) is 52.3 Å². The summed E-state index contributed by atoms with van der Waals surface area (Å²) in [6, 6.07) is 14.1. The minimum Gasteiger partial charge on any atom is -0.388 e. The highest BCUT2D eigenvalue weighted by Crippen LogP contribution is 2.35. The van der Waals surface area contributed by atoms with E-state index in [0.717, 1.165) is 26.7 Å². The van der Waals surface area contributed by atoms with Gasteiger partial charge in [-0.2, -0.15) is 0 Å². The summed E-state index contributed by atoms with van der Waals surface area (Å²) in [5.41, 5.74) is 10.2. The molecule has 106 valence electrons. The second-order valence-corrected chi connectivity index (χ2v) is 6.02. The van der Waals surface area contributed by atoms with Gasteiger partial charge in [0.15, 0.2) is 0 Å². The SMILES string of the molecule is Cc1ccc(C(O)C(CN)c2ccccc2C)c(Br)c1. The van der Waals surface area contributed by atoms with Gasteiger partial charge in [0.1, 0.15) is 0 Å². The van der Waals surface area contributed by atoms with E-state index in [-0.39, 0.29) is 5.92 Å². The van der Waals surface area contributed by atoms with Crippen LogP contribution in [0.15, 0.2) is 46.9 Å². The topological polar surface area (TPSA) is 46.2 Å². The highest BCUT2D eigenvalue weighted by molar-refractivity contribution is 9.10. The Morgan fingerprint density at radius 2 is 1.80 bits per heavy atom. The fourth-order valence-corrected chi connectivity index (χ4v) is 3.25. The van der Waals surface area contributed by atoms with Gasteiger partial charge in [-0.3, -0.25) is 0 Å². The lowest BCUT2D eigenvalue weighted by atomic mass is 9.86. The van der Waals surface area contributed by atoms with E-state index in [1.165, 1.54) is 0 Å². The first-order chi connectivity index (χ1) is 9.54. The Balaban J connectivity index is 2.39. The monoisotopic (exact) mass is 333 g/mol. The molecule has 0 heterocycles. The van der Waals surface area contributed by atoms with Crippen LogP contribution in [0.2, 0.25) is 0 Å². The number of aliphatic hydroxyl groups is 1. The summed E-state index contributed by atoms with van der Waals surface area (Å²) in [5, 5.41) is 10.7. The molecule has 0 radical (unpaired) electrons. The van der Waals surface area contributed by atoms with Crippen molar-refractivity contribution in [2.75, 3.05) is 6.54 Å². The highest BCUT2D eigenvalue weighted by atomic mass is 79.9. The van der Waals surface area contributed by atoms with Crippen LogP contribution in [0.4, 0.5) is 0 Å². The van der Waals surface area contributed by atoms with Gasteiger partial charge in [0.05, 0.1) is 6.10 Å². The third-order valence-electron chi connectivity index (χ3n) is 3.70. The predicted octanol–water partition coefficient (Wildman–Crippen LogP) is 3.84. The molecule has 20 heavy (non-hydrogen) atoms. The zero-order chi connectivity index (χ0) is 14.7. The number of benzene rings is 2. The molecule has 0 fully saturated rings. The Bertz CT molecular complexity index is 597. The second kappa shape index (κ2) is 6.53. The van der Waals surface area contributed by atoms with Crippen molar-refractivity contribution in [3.63, 3.8) is 0 Å². The summed E-state index contributed by atoms with van der Waals surface area (Å²) in [7, 11) is 0. The molecule has 2 nitrogen and oxygen atoms in total. The molecule has 3 heteroatoms. The first-order valence-electron chi connectivity index (χ1n) is 6.74. The molecule has 0 saturated carbocycles. The van der Waals surface area contributed by atoms with E-state index >= 15 is 0 Å². The number of halogens is 1. The summed E-state index contributed by atoms with van der Waals surface area (Å²) >= 11 is 3.54. The molecule has 0 aliphatic carbocycles. The molecule has 0 spiro atoms. The standard InChI is InChI=1S/C17H20BrNO/c1-11-7-8-14(16(18)9-11)17(20)15(10-19)13-6-4-3-5-12(13)2/h3-9,15,17,20H,10,19H2,1-2H3. The number of nitrogens with two attached hydrogens (primary N) is 1. The Hall–Kier alpha value is -1.16. The highest BCUT2D eigenvalue weighted by Gasteiger charge is 2.24. The molecule has 3 N–H and O–H groups in total. The molecule has 0 saturated heterocycles. The molecule has 0 aliphatic rings. The molecule has 0 aliphatic heterocycles. The van der Waals surface area contributed by atoms with Crippen LogP contribution in [0.3, 0.4) is 0 Å². The summed E-state index contributed by atoms with van der Waals surface area (Å²) < 4.78 is 0.928. The van der Waals surface area contributed by atoms with Gasteiger partial charge in [-0.25, -0.2) is 0 Å². The summed E-state index contributed by atoms with van der Waals surface area (Å²) in [4.78, 5) is 0. The maximum absolute atomic E-state index is 10.7. The van der Waals surface area contributed by atoms with Crippen molar-refractivity contribution in [3.05, 3.63) is 69.2 Å². The largest absolute Gasteiger partial charge is 0.388 e. The van der Waals surface area contributed by atoms with Crippen LogP contribution < -0.4 is 5.73 Å². The molecule has 2 atom stereocenters. The maximum atomic E-state index is 10.7. The van der Waals surface area contributed by atoms with Crippen LogP contribution in [-0.2, 0) is 0 Å². The lowest BCUT2D eigenvalue weighted by molar-refractivity contribution is 0.146. The third-order valence-corrected chi connectivity index (χ3v) is 4.38. The van der Waals surface area contributed by atoms with E-state index in [1.54, 1.807) is 0 Å². The Labute approximate surface area is 128 Å². The molecule has 0 amide bonds. The number of hydrogen-bond donors (Lipinski definition) is 2. The van der Waals surface area contributed by atoms with E-state index in [9.17, 15) is 5.11 Å². The Kier molecular flexibility index (Phi) is 4.97. The minimum absolute atomic E-state index is 0.102.